The van der Waals surface area contributed by atoms with E-state index in [2.05, 4.69) is 24.5 Å². The fraction of sp³-hybridized carbons (Fsp3) is 0.903. The highest BCUT2D eigenvalue weighted by Crippen LogP contribution is 2.26. The van der Waals surface area contributed by atoms with Gasteiger partial charge in [-0.1, -0.05) is 104 Å². The Bertz CT molecular complexity index is 620. The van der Waals surface area contributed by atoms with Crippen LogP contribution in [0.3, 0.4) is 0 Å². The fourth-order valence-corrected chi connectivity index (χ4v) is 5.01. The van der Waals surface area contributed by atoms with Crippen LogP contribution in [0, 0.1) is 11.8 Å². The quantitative estimate of drug-likeness (QED) is 0.164. The lowest BCUT2D eigenvalue weighted by atomic mass is 9.94. The molecule has 1 fully saturated rings. The number of unbranched alkanes of at least 4 members (excludes halogenated alkanes) is 14. The molecule has 0 saturated carbocycles. The summed E-state index contributed by atoms with van der Waals surface area (Å²) in [5.41, 5.74) is -0.623. The first-order valence-corrected chi connectivity index (χ1v) is 15.7. The van der Waals surface area contributed by atoms with Crippen molar-refractivity contribution in [1.29, 1.82) is 0 Å². The van der Waals surface area contributed by atoms with Crippen LogP contribution in [0.4, 0.5) is 4.79 Å². The third-order valence-electron chi connectivity index (χ3n) is 7.30. The summed E-state index contributed by atoms with van der Waals surface area (Å²) in [4.78, 5) is 40.4. The first kappa shape index (κ1) is 34.2. The Morgan fingerprint density at radius 2 is 0.974 bits per heavy atom. The van der Waals surface area contributed by atoms with E-state index in [1.54, 1.807) is 0 Å². The minimum Gasteiger partial charge on any atom is -0.444 e. The summed E-state index contributed by atoms with van der Waals surface area (Å²) in [5, 5.41) is 6.07. The van der Waals surface area contributed by atoms with Gasteiger partial charge in [0.1, 0.15) is 5.60 Å². The number of rotatable bonds is 20. The first-order valence-electron chi connectivity index (χ1n) is 15.7. The van der Waals surface area contributed by atoms with Crippen molar-refractivity contribution >= 4 is 17.9 Å². The molecule has 7 heteroatoms. The zero-order valence-electron chi connectivity index (χ0n) is 25.4. The Hall–Kier alpha value is -1.79. The number of likely N-dealkylation sites (tertiary alicyclic amines) is 1. The lowest BCUT2D eigenvalue weighted by Crippen LogP contribution is -2.42. The van der Waals surface area contributed by atoms with Crippen LogP contribution in [0.15, 0.2) is 0 Å². The molecule has 0 radical (unpaired) electrons. The zero-order valence-corrected chi connectivity index (χ0v) is 25.4. The van der Waals surface area contributed by atoms with Gasteiger partial charge in [0.25, 0.3) is 0 Å². The van der Waals surface area contributed by atoms with Crippen molar-refractivity contribution in [1.82, 2.24) is 15.5 Å². The summed E-state index contributed by atoms with van der Waals surface area (Å²) >= 11 is 0. The second kappa shape index (κ2) is 20.2. The van der Waals surface area contributed by atoms with E-state index in [1.165, 1.54) is 81.9 Å². The molecule has 0 aromatic carbocycles. The van der Waals surface area contributed by atoms with Crippen molar-refractivity contribution in [2.45, 2.75) is 143 Å². The van der Waals surface area contributed by atoms with E-state index in [0.717, 1.165) is 25.7 Å². The van der Waals surface area contributed by atoms with Crippen molar-refractivity contribution in [3.63, 3.8) is 0 Å². The van der Waals surface area contributed by atoms with Gasteiger partial charge in [-0.2, -0.15) is 0 Å². The minimum atomic E-state index is -0.623. The minimum absolute atomic E-state index is 0.133. The van der Waals surface area contributed by atoms with E-state index in [0.29, 0.717) is 13.1 Å². The summed E-state index contributed by atoms with van der Waals surface area (Å²) < 4.78 is 5.52. The Balaban J connectivity index is 2.49. The SMILES string of the molecule is CCCCCCCCCCNC(=O)[C@@H]1CN(C(=O)OC(C)(C)C)C[C@H]1C(=O)NCCCCCCCCCC. The molecule has 222 valence electrons. The number of carbonyl (C=O) groups is 3. The van der Waals surface area contributed by atoms with Crippen molar-refractivity contribution in [3.8, 4) is 0 Å². The molecule has 0 aromatic heterocycles. The van der Waals surface area contributed by atoms with Crippen LogP contribution < -0.4 is 10.6 Å². The summed E-state index contributed by atoms with van der Waals surface area (Å²) in [7, 11) is 0. The Labute approximate surface area is 233 Å². The van der Waals surface area contributed by atoms with Crippen LogP contribution in [0.1, 0.15) is 137 Å². The maximum Gasteiger partial charge on any atom is 0.410 e. The van der Waals surface area contributed by atoms with E-state index >= 15 is 0 Å². The molecule has 2 N–H and O–H groups in total. The third kappa shape index (κ3) is 15.6. The van der Waals surface area contributed by atoms with Gasteiger partial charge >= 0.3 is 6.09 Å². The average Bonchev–Trinajstić information content (AvgIpc) is 3.32. The van der Waals surface area contributed by atoms with Gasteiger partial charge in [0.2, 0.25) is 11.8 Å². The maximum absolute atomic E-state index is 13.1. The Morgan fingerprint density at radius 3 is 1.32 bits per heavy atom. The highest BCUT2D eigenvalue weighted by atomic mass is 16.6. The summed E-state index contributed by atoms with van der Waals surface area (Å²) in [5.74, 6) is -1.36. The molecule has 1 rings (SSSR count). The predicted octanol–water partition coefficient (Wildman–Crippen LogP) is 6.98. The van der Waals surface area contributed by atoms with Crippen LogP contribution in [0.25, 0.3) is 0 Å². The molecular formula is C31H59N3O4. The molecule has 0 unspecified atom stereocenters. The third-order valence-corrected chi connectivity index (χ3v) is 7.30. The number of carbonyl (C=O) groups excluding carboxylic acids is 3. The molecule has 0 spiro atoms. The van der Waals surface area contributed by atoms with Crippen LogP contribution in [-0.2, 0) is 14.3 Å². The highest BCUT2D eigenvalue weighted by molar-refractivity contribution is 5.89. The lowest BCUT2D eigenvalue weighted by Gasteiger charge is -2.24. The number of hydrogen-bond donors (Lipinski definition) is 2. The van der Waals surface area contributed by atoms with Gasteiger partial charge in [-0.05, 0) is 33.6 Å². The predicted molar refractivity (Wildman–Crippen MR) is 156 cm³/mol. The Morgan fingerprint density at radius 1 is 0.632 bits per heavy atom. The largest absolute Gasteiger partial charge is 0.444 e. The molecular weight excluding hydrogens is 478 g/mol. The van der Waals surface area contributed by atoms with Crippen molar-refractivity contribution in [2.24, 2.45) is 11.8 Å². The van der Waals surface area contributed by atoms with Crippen molar-refractivity contribution in [3.05, 3.63) is 0 Å². The molecule has 0 aromatic rings. The maximum atomic E-state index is 13.1. The first-order chi connectivity index (χ1) is 18.2. The molecule has 1 saturated heterocycles. The molecule has 2 atom stereocenters. The molecule has 1 aliphatic rings. The Kier molecular flexibility index (Phi) is 18.2. The summed E-state index contributed by atoms with van der Waals surface area (Å²) in [6, 6.07) is 0. The van der Waals surface area contributed by atoms with E-state index in [4.69, 9.17) is 4.74 Å². The standard InChI is InChI=1S/C31H59N3O4/c1-6-8-10-12-14-16-18-20-22-32-28(35)26-24-34(30(37)38-31(3,4)5)25-27(26)29(36)33-23-21-19-17-15-13-11-9-7-2/h26-27H,6-25H2,1-5H3,(H,32,35)(H,33,36)/t26-,27-/m1/s1. The van der Waals surface area contributed by atoms with Crippen molar-refractivity contribution < 1.29 is 19.1 Å². The second-order valence-electron chi connectivity index (χ2n) is 12.1. The van der Waals surface area contributed by atoms with Gasteiger partial charge in [-0.3, -0.25) is 9.59 Å². The number of nitrogens with one attached hydrogen (secondary N) is 2. The molecule has 3 amide bonds. The topological polar surface area (TPSA) is 87.7 Å². The van der Waals surface area contributed by atoms with Gasteiger partial charge in [0.15, 0.2) is 0 Å². The van der Waals surface area contributed by atoms with Gasteiger partial charge in [-0.15, -0.1) is 0 Å². The second-order valence-corrected chi connectivity index (χ2v) is 12.1. The number of nitrogens with zero attached hydrogens (tertiary/aromatic N) is 1. The van der Waals surface area contributed by atoms with Crippen molar-refractivity contribution in [2.75, 3.05) is 26.2 Å². The monoisotopic (exact) mass is 537 g/mol. The fourth-order valence-electron chi connectivity index (χ4n) is 5.01. The highest BCUT2D eigenvalue weighted by Gasteiger charge is 2.44. The van der Waals surface area contributed by atoms with Crippen LogP contribution in [-0.4, -0.2) is 54.6 Å². The zero-order chi connectivity index (χ0) is 28.2. The molecule has 38 heavy (non-hydrogen) atoms. The van der Waals surface area contributed by atoms with E-state index in [1.807, 2.05) is 20.8 Å². The molecule has 7 nitrogen and oxygen atoms in total. The normalized spacial score (nSPS) is 17.4. The molecule has 1 heterocycles. The van der Waals surface area contributed by atoms with Gasteiger partial charge < -0.3 is 20.3 Å². The number of amides is 3. The van der Waals surface area contributed by atoms with Gasteiger partial charge in [-0.25, -0.2) is 4.79 Å². The smallest absolute Gasteiger partial charge is 0.410 e. The van der Waals surface area contributed by atoms with E-state index < -0.39 is 23.5 Å². The van der Waals surface area contributed by atoms with E-state index in [9.17, 15) is 14.4 Å². The van der Waals surface area contributed by atoms with E-state index in [-0.39, 0.29) is 24.9 Å². The molecule has 0 bridgehead atoms. The molecule has 0 aliphatic carbocycles. The lowest BCUT2D eigenvalue weighted by molar-refractivity contribution is -0.132. The average molecular weight is 538 g/mol. The summed E-state index contributed by atoms with van der Waals surface area (Å²) in [6.07, 6.45) is 18.9. The number of hydrogen-bond acceptors (Lipinski definition) is 4. The van der Waals surface area contributed by atoms with Crippen LogP contribution >= 0.6 is 0 Å². The van der Waals surface area contributed by atoms with Gasteiger partial charge in [0.05, 0.1) is 11.8 Å². The number of ether oxygens (including phenoxy) is 1. The van der Waals surface area contributed by atoms with Crippen LogP contribution in [0.5, 0.6) is 0 Å². The van der Waals surface area contributed by atoms with Gasteiger partial charge in [0, 0.05) is 26.2 Å². The van der Waals surface area contributed by atoms with Crippen LogP contribution in [0.2, 0.25) is 0 Å². The molecule has 1 aliphatic heterocycles. The summed E-state index contributed by atoms with van der Waals surface area (Å²) in [6.45, 7) is 11.6.